The molecule has 5 nitrogen and oxygen atoms in total. The minimum Gasteiger partial charge on any atom is -0.381 e. The van der Waals surface area contributed by atoms with E-state index in [4.69, 9.17) is 10.5 Å². The average molecular weight is 298 g/mol. The van der Waals surface area contributed by atoms with Crippen LogP contribution in [-0.2, 0) is 27.7 Å². The molecule has 2 rings (SSSR count). The summed E-state index contributed by atoms with van der Waals surface area (Å²) in [4.78, 5) is 0.349. The molecule has 0 aromatic heterocycles. The lowest BCUT2D eigenvalue weighted by Gasteiger charge is -2.14. The summed E-state index contributed by atoms with van der Waals surface area (Å²) >= 11 is 0. The van der Waals surface area contributed by atoms with Crippen molar-refractivity contribution in [3.05, 3.63) is 29.3 Å². The molecule has 0 spiro atoms. The minimum absolute atomic E-state index is 0.271. The highest BCUT2D eigenvalue weighted by atomic mass is 32.2. The van der Waals surface area contributed by atoms with Gasteiger partial charge in [0.2, 0.25) is 10.0 Å². The molecule has 6 heteroatoms. The Balaban J connectivity index is 2.18. The van der Waals surface area contributed by atoms with Crippen molar-refractivity contribution in [1.82, 2.24) is 4.72 Å². The predicted octanol–water partition coefficient (Wildman–Crippen LogP) is 1.02. The van der Waals surface area contributed by atoms with E-state index in [1.165, 1.54) is 0 Å². The normalized spacial score (nSPS) is 19.4. The summed E-state index contributed by atoms with van der Waals surface area (Å²) in [5, 5.41) is 0. The Morgan fingerprint density at radius 1 is 1.45 bits per heavy atom. The van der Waals surface area contributed by atoms with Crippen LogP contribution < -0.4 is 10.5 Å². The SMILES string of the molecule is CCc1ccc(CN)cc1S(=O)(=O)NCC1CCOC1. The van der Waals surface area contributed by atoms with Crippen molar-refractivity contribution in [3.8, 4) is 0 Å². The van der Waals surface area contributed by atoms with Crippen LogP contribution in [-0.4, -0.2) is 28.2 Å². The van der Waals surface area contributed by atoms with E-state index in [2.05, 4.69) is 4.72 Å². The lowest BCUT2D eigenvalue weighted by Crippen LogP contribution is -2.30. The number of nitrogens with one attached hydrogen (secondary N) is 1. The molecule has 1 aromatic rings. The molecule has 1 aromatic carbocycles. The van der Waals surface area contributed by atoms with Gasteiger partial charge in [0, 0.05) is 19.7 Å². The van der Waals surface area contributed by atoms with Gasteiger partial charge in [0.15, 0.2) is 0 Å². The lowest BCUT2D eigenvalue weighted by atomic mass is 10.1. The van der Waals surface area contributed by atoms with Gasteiger partial charge < -0.3 is 10.5 Å². The van der Waals surface area contributed by atoms with Gasteiger partial charge in [-0.15, -0.1) is 0 Å². The lowest BCUT2D eigenvalue weighted by molar-refractivity contribution is 0.186. The van der Waals surface area contributed by atoms with E-state index in [1.807, 2.05) is 19.1 Å². The molecule has 112 valence electrons. The van der Waals surface area contributed by atoms with E-state index in [0.29, 0.717) is 31.0 Å². The van der Waals surface area contributed by atoms with E-state index in [0.717, 1.165) is 24.2 Å². The number of rotatable bonds is 6. The first-order valence-electron chi connectivity index (χ1n) is 6.96. The zero-order chi connectivity index (χ0) is 14.6. The van der Waals surface area contributed by atoms with Gasteiger partial charge in [-0.2, -0.15) is 0 Å². The fraction of sp³-hybridized carbons (Fsp3) is 0.571. The zero-order valence-corrected chi connectivity index (χ0v) is 12.6. The molecule has 0 saturated carbocycles. The van der Waals surface area contributed by atoms with Gasteiger partial charge in [0.1, 0.15) is 0 Å². The molecule has 1 fully saturated rings. The van der Waals surface area contributed by atoms with Gasteiger partial charge >= 0.3 is 0 Å². The maximum absolute atomic E-state index is 12.4. The van der Waals surface area contributed by atoms with Crippen molar-refractivity contribution in [2.45, 2.75) is 31.2 Å². The Morgan fingerprint density at radius 2 is 2.25 bits per heavy atom. The van der Waals surface area contributed by atoms with E-state index in [9.17, 15) is 8.42 Å². The van der Waals surface area contributed by atoms with Crippen LogP contribution in [0.15, 0.2) is 23.1 Å². The second kappa shape index (κ2) is 6.67. The first-order chi connectivity index (χ1) is 9.56. The summed E-state index contributed by atoms with van der Waals surface area (Å²) in [5.74, 6) is 0.271. The smallest absolute Gasteiger partial charge is 0.240 e. The largest absolute Gasteiger partial charge is 0.381 e. The van der Waals surface area contributed by atoms with E-state index in [-0.39, 0.29) is 5.92 Å². The van der Waals surface area contributed by atoms with Gasteiger partial charge in [-0.3, -0.25) is 0 Å². The highest BCUT2D eigenvalue weighted by Crippen LogP contribution is 2.19. The minimum atomic E-state index is -3.48. The van der Waals surface area contributed by atoms with Crippen LogP contribution in [0.3, 0.4) is 0 Å². The fourth-order valence-corrected chi connectivity index (χ4v) is 3.79. The molecule has 1 unspecified atom stereocenters. The van der Waals surface area contributed by atoms with Crippen molar-refractivity contribution in [3.63, 3.8) is 0 Å². The molecular weight excluding hydrogens is 276 g/mol. The molecule has 1 aliphatic heterocycles. The van der Waals surface area contributed by atoms with Crippen LogP contribution >= 0.6 is 0 Å². The number of benzene rings is 1. The topological polar surface area (TPSA) is 81.4 Å². The molecule has 1 saturated heterocycles. The summed E-state index contributed by atoms with van der Waals surface area (Å²) in [6.45, 7) is 4.06. The summed E-state index contributed by atoms with van der Waals surface area (Å²) in [6.07, 6.45) is 1.58. The van der Waals surface area contributed by atoms with Crippen LogP contribution in [0.1, 0.15) is 24.5 Å². The molecule has 1 aliphatic rings. The first kappa shape index (κ1) is 15.4. The van der Waals surface area contributed by atoms with Gasteiger partial charge in [0.05, 0.1) is 11.5 Å². The Bertz CT molecular complexity index is 552. The maximum atomic E-state index is 12.4. The first-order valence-corrected chi connectivity index (χ1v) is 8.44. The quantitative estimate of drug-likeness (QED) is 0.821. The van der Waals surface area contributed by atoms with Gasteiger partial charge in [0.25, 0.3) is 0 Å². The highest BCUT2D eigenvalue weighted by molar-refractivity contribution is 7.89. The third-order valence-corrected chi connectivity index (χ3v) is 5.13. The number of aryl methyl sites for hydroxylation is 1. The zero-order valence-electron chi connectivity index (χ0n) is 11.8. The third kappa shape index (κ3) is 3.58. The van der Waals surface area contributed by atoms with Crippen LogP contribution in [0.25, 0.3) is 0 Å². The van der Waals surface area contributed by atoms with Crippen molar-refractivity contribution < 1.29 is 13.2 Å². The van der Waals surface area contributed by atoms with Gasteiger partial charge in [-0.25, -0.2) is 13.1 Å². The van der Waals surface area contributed by atoms with Crippen LogP contribution in [0.2, 0.25) is 0 Å². The van der Waals surface area contributed by atoms with Crippen LogP contribution in [0.4, 0.5) is 0 Å². The number of sulfonamides is 1. The number of hydrogen-bond donors (Lipinski definition) is 2. The summed E-state index contributed by atoms with van der Waals surface area (Å²) < 4.78 is 32.8. The summed E-state index contributed by atoms with van der Waals surface area (Å²) in [6, 6.07) is 5.39. The Kier molecular flexibility index (Phi) is 5.15. The second-order valence-corrected chi connectivity index (χ2v) is 6.82. The Morgan fingerprint density at radius 3 is 2.85 bits per heavy atom. The summed E-state index contributed by atoms with van der Waals surface area (Å²) in [7, 11) is -3.48. The molecule has 20 heavy (non-hydrogen) atoms. The van der Waals surface area contributed by atoms with E-state index in [1.54, 1.807) is 6.07 Å². The van der Waals surface area contributed by atoms with Crippen molar-refractivity contribution in [1.29, 1.82) is 0 Å². The number of nitrogens with two attached hydrogens (primary N) is 1. The molecule has 0 bridgehead atoms. The molecule has 1 atom stereocenters. The van der Waals surface area contributed by atoms with Crippen LogP contribution in [0, 0.1) is 5.92 Å². The van der Waals surface area contributed by atoms with Crippen molar-refractivity contribution >= 4 is 10.0 Å². The standard InChI is InChI=1S/C14H22N2O3S/c1-2-13-4-3-11(8-15)7-14(13)20(17,18)16-9-12-5-6-19-10-12/h3-4,7,12,16H,2,5-6,8-10,15H2,1H3. The molecule has 0 radical (unpaired) electrons. The number of ether oxygens (including phenoxy) is 1. The van der Waals surface area contributed by atoms with E-state index < -0.39 is 10.0 Å². The van der Waals surface area contributed by atoms with Gasteiger partial charge in [-0.1, -0.05) is 19.1 Å². The van der Waals surface area contributed by atoms with Crippen molar-refractivity contribution in [2.75, 3.05) is 19.8 Å². The van der Waals surface area contributed by atoms with Gasteiger partial charge in [-0.05, 0) is 36.0 Å². The molecule has 0 aliphatic carbocycles. The third-order valence-electron chi connectivity index (χ3n) is 3.62. The second-order valence-electron chi connectivity index (χ2n) is 5.08. The molecule has 3 N–H and O–H groups in total. The summed E-state index contributed by atoms with van der Waals surface area (Å²) in [5.41, 5.74) is 7.24. The highest BCUT2D eigenvalue weighted by Gasteiger charge is 2.22. The molecule has 0 amide bonds. The fourth-order valence-electron chi connectivity index (χ4n) is 2.32. The Hall–Kier alpha value is -0.950. The molecular formula is C14H22N2O3S. The number of hydrogen-bond acceptors (Lipinski definition) is 4. The van der Waals surface area contributed by atoms with E-state index >= 15 is 0 Å². The van der Waals surface area contributed by atoms with Crippen molar-refractivity contribution in [2.24, 2.45) is 11.7 Å². The monoisotopic (exact) mass is 298 g/mol. The average Bonchev–Trinajstić information content (AvgIpc) is 2.98. The maximum Gasteiger partial charge on any atom is 0.240 e. The molecule has 1 heterocycles. The van der Waals surface area contributed by atoms with Crippen LogP contribution in [0.5, 0.6) is 0 Å². The predicted molar refractivity (Wildman–Crippen MR) is 77.8 cm³/mol. The Labute approximate surface area is 120 Å².